The lowest BCUT2D eigenvalue weighted by Gasteiger charge is -2.37. The first-order valence-electron chi connectivity index (χ1n) is 9.29. The van der Waals surface area contributed by atoms with Crippen LogP contribution < -0.4 is 11.3 Å². The molecule has 28 heavy (non-hydrogen) atoms. The molecule has 2 bridgehead atoms. The number of nitrogens with zero attached hydrogens (tertiary/aromatic N) is 1. The lowest BCUT2D eigenvalue weighted by Crippen LogP contribution is -2.50. The summed E-state index contributed by atoms with van der Waals surface area (Å²) >= 11 is 0. The SMILES string of the molecule is COC(=O)CC(NN)C1CC2CCCC1N2C(=O)c1ccc(C(F)(F)F)cc1. The van der Waals surface area contributed by atoms with E-state index in [2.05, 4.69) is 5.43 Å². The van der Waals surface area contributed by atoms with Crippen LogP contribution in [0.5, 0.6) is 0 Å². The number of amides is 1. The Labute approximate surface area is 161 Å². The third-order valence-corrected chi connectivity index (χ3v) is 5.87. The second-order valence-corrected chi connectivity index (χ2v) is 7.39. The third kappa shape index (κ3) is 4.00. The van der Waals surface area contributed by atoms with Gasteiger partial charge in [0.05, 0.1) is 19.1 Å². The summed E-state index contributed by atoms with van der Waals surface area (Å²) in [6, 6.07) is 3.86. The van der Waals surface area contributed by atoms with Crippen LogP contribution in [0.25, 0.3) is 0 Å². The largest absolute Gasteiger partial charge is 0.469 e. The summed E-state index contributed by atoms with van der Waals surface area (Å²) in [7, 11) is 1.31. The zero-order valence-electron chi connectivity index (χ0n) is 15.5. The molecule has 2 heterocycles. The van der Waals surface area contributed by atoms with Gasteiger partial charge in [-0.2, -0.15) is 13.2 Å². The normalized spacial score (nSPS) is 25.5. The van der Waals surface area contributed by atoms with Crippen LogP contribution in [0, 0.1) is 5.92 Å². The van der Waals surface area contributed by atoms with Crippen molar-refractivity contribution in [3.63, 3.8) is 0 Å². The van der Waals surface area contributed by atoms with E-state index in [9.17, 15) is 22.8 Å². The fraction of sp³-hybridized carbons (Fsp3) is 0.579. The summed E-state index contributed by atoms with van der Waals surface area (Å²) in [5, 5.41) is 0. The molecule has 2 fully saturated rings. The zero-order chi connectivity index (χ0) is 20.5. The number of halogens is 3. The van der Waals surface area contributed by atoms with E-state index in [-0.39, 0.29) is 47.9 Å². The molecule has 2 aliphatic rings. The smallest absolute Gasteiger partial charge is 0.416 e. The van der Waals surface area contributed by atoms with E-state index >= 15 is 0 Å². The molecule has 0 spiro atoms. The molecule has 0 radical (unpaired) electrons. The number of benzene rings is 1. The molecular weight excluding hydrogens is 375 g/mol. The minimum absolute atomic E-state index is 0.00737. The number of alkyl halides is 3. The minimum atomic E-state index is -4.44. The Balaban J connectivity index is 1.80. The van der Waals surface area contributed by atoms with Gasteiger partial charge in [0, 0.05) is 23.7 Å². The van der Waals surface area contributed by atoms with Crippen molar-refractivity contribution < 1.29 is 27.5 Å². The van der Waals surface area contributed by atoms with E-state index in [1.165, 1.54) is 19.2 Å². The fourth-order valence-electron chi connectivity index (χ4n) is 4.53. The van der Waals surface area contributed by atoms with Crippen molar-refractivity contribution in [2.45, 2.75) is 56.4 Å². The number of carbonyl (C=O) groups is 2. The number of nitrogens with two attached hydrogens (primary N) is 1. The first kappa shape index (κ1) is 20.6. The van der Waals surface area contributed by atoms with E-state index in [0.717, 1.165) is 31.4 Å². The molecule has 3 N–H and O–H groups in total. The Morgan fingerprint density at radius 2 is 1.96 bits per heavy atom. The molecule has 0 aliphatic carbocycles. The maximum absolute atomic E-state index is 13.1. The van der Waals surface area contributed by atoms with Gasteiger partial charge in [0.25, 0.3) is 5.91 Å². The second-order valence-electron chi connectivity index (χ2n) is 7.39. The highest BCUT2D eigenvalue weighted by Crippen LogP contribution is 2.42. The van der Waals surface area contributed by atoms with Crippen molar-refractivity contribution in [3.8, 4) is 0 Å². The van der Waals surface area contributed by atoms with Gasteiger partial charge < -0.3 is 9.64 Å². The van der Waals surface area contributed by atoms with Gasteiger partial charge in [-0.1, -0.05) is 0 Å². The maximum atomic E-state index is 13.1. The van der Waals surface area contributed by atoms with E-state index in [1.807, 2.05) is 0 Å². The van der Waals surface area contributed by atoms with E-state index in [1.54, 1.807) is 4.90 Å². The summed E-state index contributed by atoms with van der Waals surface area (Å²) in [6.07, 6.45) is -1.09. The number of hydrogen-bond acceptors (Lipinski definition) is 5. The quantitative estimate of drug-likeness (QED) is 0.452. The topological polar surface area (TPSA) is 84.7 Å². The standard InChI is InChI=1S/C19H24F3N3O3/c1-28-17(26)10-15(24-23)14-9-13-3-2-4-16(14)25(13)18(27)11-5-7-12(8-6-11)19(20,21)22/h5-8,13-16,24H,2-4,9-10,23H2,1H3. The highest BCUT2D eigenvalue weighted by molar-refractivity contribution is 5.95. The lowest BCUT2D eigenvalue weighted by molar-refractivity contribution is -0.141. The number of piperidine rings is 1. The molecule has 1 amide bonds. The van der Waals surface area contributed by atoms with Crippen molar-refractivity contribution in [3.05, 3.63) is 35.4 Å². The Kier molecular flexibility index (Phi) is 5.95. The molecule has 6 nitrogen and oxygen atoms in total. The van der Waals surface area contributed by atoms with Crippen molar-refractivity contribution in [2.75, 3.05) is 7.11 Å². The molecular formula is C19H24F3N3O3. The highest BCUT2D eigenvalue weighted by Gasteiger charge is 2.48. The molecule has 0 saturated carbocycles. The van der Waals surface area contributed by atoms with Crippen molar-refractivity contribution in [1.82, 2.24) is 10.3 Å². The molecule has 4 atom stereocenters. The molecule has 154 valence electrons. The van der Waals surface area contributed by atoms with E-state index in [4.69, 9.17) is 10.6 Å². The van der Waals surface area contributed by atoms with Gasteiger partial charge in [-0.3, -0.25) is 20.9 Å². The number of methoxy groups -OCH3 is 1. The summed E-state index contributed by atoms with van der Waals surface area (Å²) in [5.41, 5.74) is 2.13. The van der Waals surface area contributed by atoms with Crippen LogP contribution in [0.15, 0.2) is 24.3 Å². The first-order valence-corrected chi connectivity index (χ1v) is 9.29. The van der Waals surface area contributed by atoms with E-state index in [0.29, 0.717) is 6.42 Å². The Bertz CT molecular complexity index is 723. The Hall–Kier alpha value is -2.13. The predicted molar refractivity (Wildman–Crippen MR) is 94.9 cm³/mol. The number of rotatable bonds is 5. The van der Waals surface area contributed by atoms with Gasteiger partial charge >= 0.3 is 12.1 Å². The van der Waals surface area contributed by atoms with Crippen molar-refractivity contribution in [1.29, 1.82) is 0 Å². The average molecular weight is 399 g/mol. The van der Waals surface area contributed by atoms with E-state index < -0.39 is 11.7 Å². The summed E-state index contributed by atoms with van der Waals surface area (Å²) in [4.78, 5) is 26.5. The van der Waals surface area contributed by atoms with Gasteiger partial charge in [0.1, 0.15) is 0 Å². The van der Waals surface area contributed by atoms with Crippen LogP contribution in [0.3, 0.4) is 0 Å². The van der Waals surface area contributed by atoms with Gasteiger partial charge in [0.15, 0.2) is 0 Å². The summed E-state index contributed by atoms with van der Waals surface area (Å²) < 4.78 is 43.0. The number of hydrogen-bond donors (Lipinski definition) is 2. The van der Waals surface area contributed by atoms with Crippen LogP contribution in [0.1, 0.15) is 48.0 Å². The van der Waals surface area contributed by atoms with Gasteiger partial charge in [-0.25, -0.2) is 0 Å². The number of nitrogens with one attached hydrogen (secondary N) is 1. The minimum Gasteiger partial charge on any atom is -0.469 e. The lowest BCUT2D eigenvalue weighted by atomic mass is 9.88. The fourth-order valence-corrected chi connectivity index (χ4v) is 4.53. The number of esters is 1. The number of fused-ring (bicyclic) bond motifs is 2. The Morgan fingerprint density at radius 3 is 2.54 bits per heavy atom. The number of hydrazine groups is 1. The van der Waals surface area contributed by atoms with Crippen LogP contribution >= 0.6 is 0 Å². The molecule has 9 heteroatoms. The van der Waals surface area contributed by atoms with Gasteiger partial charge in [-0.15, -0.1) is 0 Å². The van der Waals surface area contributed by atoms with Gasteiger partial charge in [-0.05, 0) is 55.9 Å². The Morgan fingerprint density at radius 1 is 1.29 bits per heavy atom. The molecule has 2 saturated heterocycles. The summed E-state index contributed by atoms with van der Waals surface area (Å²) in [6.45, 7) is 0. The first-order chi connectivity index (χ1) is 13.3. The molecule has 1 aromatic carbocycles. The number of carbonyl (C=O) groups excluding carboxylic acids is 2. The summed E-state index contributed by atoms with van der Waals surface area (Å²) in [5.74, 6) is 4.98. The predicted octanol–water partition coefficient (Wildman–Crippen LogP) is 2.48. The van der Waals surface area contributed by atoms with Crippen LogP contribution in [0.2, 0.25) is 0 Å². The molecule has 3 rings (SSSR count). The highest BCUT2D eigenvalue weighted by atomic mass is 19.4. The van der Waals surface area contributed by atoms with Gasteiger partial charge in [0.2, 0.25) is 0 Å². The molecule has 1 aromatic rings. The monoisotopic (exact) mass is 399 g/mol. The van der Waals surface area contributed by atoms with Crippen molar-refractivity contribution >= 4 is 11.9 Å². The molecule has 0 aromatic heterocycles. The number of ether oxygens (including phenoxy) is 1. The van der Waals surface area contributed by atoms with Crippen LogP contribution in [0.4, 0.5) is 13.2 Å². The second kappa shape index (κ2) is 8.08. The zero-order valence-corrected chi connectivity index (χ0v) is 15.5. The van der Waals surface area contributed by atoms with Crippen molar-refractivity contribution in [2.24, 2.45) is 11.8 Å². The average Bonchev–Trinajstić information content (AvgIpc) is 2.89. The molecule has 4 unspecified atom stereocenters. The third-order valence-electron chi connectivity index (χ3n) is 5.87. The molecule has 2 aliphatic heterocycles. The van der Waals surface area contributed by atoms with Crippen LogP contribution in [-0.2, 0) is 15.7 Å². The maximum Gasteiger partial charge on any atom is 0.416 e. The van der Waals surface area contributed by atoms with Crippen LogP contribution in [-0.4, -0.2) is 42.0 Å².